The molecule has 0 bridgehead atoms. The van der Waals surface area contributed by atoms with Gasteiger partial charge in [-0.05, 0) is 60.0 Å². The number of carbonyl (C=O) groups excluding carboxylic acids is 1. The number of nitro benzene ring substituents is 1. The number of hydrogen-bond acceptors (Lipinski definition) is 6. The van der Waals surface area contributed by atoms with Crippen molar-refractivity contribution in [1.82, 2.24) is 0 Å². The van der Waals surface area contributed by atoms with Gasteiger partial charge in [-0.15, -0.1) is 0 Å². The minimum absolute atomic E-state index is 0.0183. The monoisotopic (exact) mass is 477 g/mol. The molecule has 9 heteroatoms. The maximum absolute atomic E-state index is 12.6. The average molecular weight is 478 g/mol. The first-order valence-corrected chi connectivity index (χ1v) is 10.4. The van der Waals surface area contributed by atoms with Crippen LogP contribution in [-0.4, -0.2) is 17.9 Å². The van der Waals surface area contributed by atoms with Crippen LogP contribution in [0.1, 0.15) is 16.7 Å². The van der Waals surface area contributed by atoms with Crippen molar-refractivity contribution in [3.63, 3.8) is 0 Å². The van der Waals surface area contributed by atoms with Crippen molar-refractivity contribution in [3.05, 3.63) is 98.1 Å². The van der Waals surface area contributed by atoms with E-state index in [-0.39, 0.29) is 28.6 Å². The second-order valence-electron chi connectivity index (χ2n) is 7.19. The lowest BCUT2D eigenvalue weighted by Crippen LogP contribution is -2.14. The van der Waals surface area contributed by atoms with Crippen LogP contribution < -0.4 is 14.8 Å². The molecule has 0 aliphatic carbocycles. The molecular weight excluding hydrogens is 458 g/mol. The number of nitriles is 1. The van der Waals surface area contributed by atoms with Crippen molar-refractivity contribution in [2.45, 2.75) is 13.5 Å². The smallest absolute Gasteiger partial charge is 0.269 e. The van der Waals surface area contributed by atoms with Gasteiger partial charge in [0.2, 0.25) is 0 Å². The number of amides is 1. The van der Waals surface area contributed by atoms with Gasteiger partial charge in [-0.1, -0.05) is 29.8 Å². The molecular formula is C25H20ClN3O5. The number of ether oxygens (including phenoxy) is 2. The number of carbonyl (C=O) groups is 1. The Morgan fingerprint density at radius 2 is 1.91 bits per heavy atom. The predicted octanol–water partition coefficient (Wildman–Crippen LogP) is 5.69. The highest BCUT2D eigenvalue weighted by molar-refractivity contribution is 6.32. The van der Waals surface area contributed by atoms with Crippen LogP contribution in [0.5, 0.6) is 11.5 Å². The highest BCUT2D eigenvalue weighted by atomic mass is 35.5. The summed E-state index contributed by atoms with van der Waals surface area (Å²) >= 11 is 6.40. The van der Waals surface area contributed by atoms with Crippen LogP contribution in [0.2, 0.25) is 5.02 Å². The van der Waals surface area contributed by atoms with Gasteiger partial charge in [-0.25, -0.2) is 0 Å². The minimum Gasteiger partial charge on any atom is -0.493 e. The molecule has 0 fully saturated rings. The lowest BCUT2D eigenvalue weighted by atomic mass is 10.1. The Kier molecular flexibility index (Phi) is 7.85. The SMILES string of the molecule is COc1cc(/C=C(/C#N)C(=O)Nc2ccccc2C)cc(Cl)c1OCc1ccc([N+](=O)[O-])cc1. The molecule has 0 unspecified atom stereocenters. The summed E-state index contributed by atoms with van der Waals surface area (Å²) in [5, 5.41) is 23.2. The van der Waals surface area contributed by atoms with Gasteiger partial charge in [0.15, 0.2) is 11.5 Å². The lowest BCUT2D eigenvalue weighted by molar-refractivity contribution is -0.384. The van der Waals surface area contributed by atoms with E-state index in [1.54, 1.807) is 36.4 Å². The van der Waals surface area contributed by atoms with Crippen LogP contribution in [0.25, 0.3) is 6.08 Å². The van der Waals surface area contributed by atoms with E-state index in [2.05, 4.69) is 5.32 Å². The number of rotatable bonds is 8. The van der Waals surface area contributed by atoms with Gasteiger partial charge in [-0.2, -0.15) is 5.26 Å². The number of benzene rings is 3. The molecule has 0 saturated heterocycles. The number of nitrogens with one attached hydrogen (secondary N) is 1. The fourth-order valence-electron chi connectivity index (χ4n) is 3.05. The number of halogens is 1. The van der Waals surface area contributed by atoms with Gasteiger partial charge < -0.3 is 14.8 Å². The number of aryl methyl sites for hydroxylation is 1. The zero-order valence-electron chi connectivity index (χ0n) is 18.4. The molecule has 0 aliphatic heterocycles. The van der Waals surface area contributed by atoms with E-state index in [0.29, 0.717) is 22.6 Å². The van der Waals surface area contributed by atoms with Crippen LogP contribution in [0.15, 0.2) is 66.2 Å². The zero-order chi connectivity index (χ0) is 24.7. The Hall–Kier alpha value is -4.35. The molecule has 1 N–H and O–H groups in total. The highest BCUT2D eigenvalue weighted by Gasteiger charge is 2.15. The molecule has 34 heavy (non-hydrogen) atoms. The molecule has 1 amide bonds. The summed E-state index contributed by atoms with van der Waals surface area (Å²) in [5.41, 5.74) is 2.52. The third-order valence-corrected chi connectivity index (χ3v) is 5.13. The molecule has 0 spiro atoms. The van der Waals surface area contributed by atoms with Crippen LogP contribution in [0, 0.1) is 28.4 Å². The number of nitro groups is 1. The summed E-state index contributed by atoms with van der Waals surface area (Å²) in [5.74, 6) is 0.0187. The van der Waals surface area contributed by atoms with Crippen LogP contribution in [-0.2, 0) is 11.4 Å². The van der Waals surface area contributed by atoms with Gasteiger partial charge in [0.1, 0.15) is 18.2 Å². The number of nitrogens with zero attached hydrogens (tertiary/aromatic N) is 2. The van der Waals surface area contributed by atoms with Gasteiger partial charge >= 0.3 is 0 Å². The van der Waals surface area contributed by atoms with Crippen LogP contribution >= 0.6 is 11.6 Å². The molecule has 0 aromatic heterocycles. The number of non-ortho nitro benzene ring substituents is 1. The third kappa shape index (κ3) is 5.91. The van der Waals surface area contributed by atoms with Crippen molar-refractivity contribution < 1.29 is 19.2 Å². The maximum Gasteiger partial charge on any atom is 0.269 e. The molecule has 0 aliphatic rings. The molecule has 8 nitrogen and oxygen atoms in total. The van der Waals surface area contributed by atoms with Gasteiger partial charge in [0.05, 0.1) is 17.1 Å². The number of para-hydroxylation sites is 1. The van der Waals surface area contributed by atoms with Crippen molar-refractivity contribution in [3.8, 4) is 17.6 Å². The number of methoxy groups -OCH3 is 1. The molecule has 3 aromatic carbocycles. The summed E-state index contributed by atoms with van der Waals surface area (Å²) in [6.45, 7) is 1.96. The first-order chi connectivity index (χ1) is 16.3. The van der Waals surface area contributed by atoms with Crippen LogP contribution in [0.4, 0.5) is 11.4 Å². The zero-order valence-corrected chi connectivity index (χ0v) is 19.1. The summed E-state index contributed by atoms with van der Waals surface area (Å²) in [6, 6.07) is 18.2. The van der Waals surface area contributed by atoms with E-state index < -0.39 is 10.8 Å². The first kappa shape index (κ1) is 24.3. The van der Waals surface area contributed by atoms with Crippen molar-refractivity contribution >= 4 is 35.0 Å². The standard InChI is InChI=1S/C25H20ClN3O5/c1-16-5-3-4-6-22(16)28-25(30)19(14-27)11-18-12-21(26)24(23(13-18)33-2)34-15-17-7-9-20(10-8-17)29(31)32/h3-13H,15H2,1-2H3,(H,28,30)/b19-11-. The molecule has 0 saturated carbocycles. The molecule has 172 valence electrons. The predicted molar refractivity (Wildman–Crippen MR) is 129 cm³/mol. The van der Waals surface area contributed by atoms with E-state index in [1.807, 2.05) is 25.1 Å². The Balaban J connectivity index is 1.80. The molecule has 0 radical (unpaired) electrons. The average Bonchev–Trinajstić information content (AvgIpc) is 2.83. The fraction of sp³-hybridized carbons (Fsp3) is 0.120. The number of anilines is 1. The summed E-state index contributed by atoms with van der Waals surface area (Å²) < 4.78 is 11.2. The van der Waals surface area contributed by atoms with Crippen LogP contribution in [0.3, 0.4) is 0 Å². The second-order valence-corrected chi connectivity index (χ2v) is 7.59. The number of hydrogen-bond donors (Lipinski definition) is 1. The van der Waals surface area contributed by atoms with Gasteiger partial charge in [0, 0.05) is 17.8 Å². The Morgan fingerprint density at radius 1 is 1.21 bits per heavy atom. The van der Waals surface area contributed by atoms with E-state index in [0.717, 1.165) is 5.56 Å². The fourth-order valence-corrected chi connectivity index (χ4v) is 3.32. The highest BCUT2D eigenvalue weighted by Crippen LogP contribution is 2.37. The van der Waals surface area contributed by atoms with E-state index >= 15 is 0 Å². The van der Waals surface area contributed by atoms with Gasteiger partial charge in [0.25, 0.3) is 11.6 Å². The second kappa shape index (κ2) is 11.0. The molecule has 3 rings (SSSR count). The Labute approximate surface area is 201 Å². The van der Waals surface area contributed by atoms with Crippen molar-refractivity contribution in [2.24, 2.45) is 0 Å². The molecule has 0 heterocycles. The first-order valence-electron chi connectivity index (χ1n) is 10.0. The third-order valence-electron chi connectivity index (χ3n) is 4.85. The summed E-state index contributed by atoms with van der Waals surface area (Å²) in [7, 11) is 1.44. The maximum atomic E-state index is 12.6. The quantitative estimate of drug-likeness (QED) is 0.193. The molecule has 3 aromatic rings. The summed E-state index contributed by atoms with van der Waals surface area (Å²) in [4.78, 5) is 22.9. The van der Waals surface area contributed by atoms with E-state index in [9.17, 15) is 20.2 Å². The van der Waals surface area contributed by atoms with E-state index in [1.165, 1.54) is 25.3 Å². The topological polar surface area (TPSA) is 114 Å². The molecule has 0 atom stereocenters. The normalized spacial score (nSPS) is 10.8. The Morgan fingerprint density at radius 3 is 2.53 bits per heavy atom. The Bertz CT molecular complexity index is 1300. The van der Waals surface area contributed by atoms with Crippen molar-refractivity contribution in [2.75, 3.05) is 12.4 Å². The van der Waals surface area contributed by atoms with Crippen molar-refractivity contribution in [1.29, 1.82) is 5.26 Å². The minimum atomic E-state index is -0.551. The van der Waals surface area contributed by atoms with Gasteiger partial charge in [-0.3, -0.25) is 14.9 Å². The largest absolute Gasteiger partial charge is 0.493 e. The summed E-state index contributed by atoms with van der Waals surface area (Å²) in [6.07, 6.45) is 1.40. The van der Waals surface area contributed by atoms with E-state index in [4.69, 9.17) is 21.1 Å². The lowest BCUT2D eigenvalue weighted by Gasteiger charge is -2.14.